The second-order valence-corrected chi connectivity index (χ2v) is 8.27. The molecule has 0 aliphatic rings. The molecule has 0 bridgehead atoms. The standard InChI is InChI=1S/C31H22N4/c1-3-11-24(12-4-1)29-33-30(25-13-5-2-6-14-25)35-31(34-29)32-26-20-18-23(19-21-26)28-17-9-15-22-10-7-8-16-27(22)28/h1-21H,(H,32,33,34,35). The van der Waals surface area contributed by atoms with Crippen LogP contribution in [0.2, 0.25) is 0 Å². The first-order chi connectivity index (χ1) is 17.3. The Morgan fingerprint density at radius 3 is 1.66 bits per heavy atom. The Morgan fingerprint density at radius 2 is 1.00 bits per heavy atom. The summed E-state index contributed by atoms with van der Waals surface area (Å²) in [7, 11) is 0. The minimum atomic E-state index is 0.510. The third-order valence-electron chi connectivity index (χ3n) is 5.94. The largest absolute Gasteiger partial charge is 0.324 e. The second kappa shape index (κ2) is 9.20. The van der Waals surface area contributed by atoms with Crippen molar-refractivity contribution in [2.24, 2.45) is 0 Å². The van der Waals surface area contributed by atoms with Crippen LogP contribution >= 0.6 is 0 Å². The molecule has 4 nitrogen and oxygen atoms in total. The lowest BCUT2D eigenvalue weighted by molar-refractivity contribution is 1.07. The highest BCUT2D eigenvalue weighted by Gasteiger charge is 2.11. The number of nitrogens with one attached hydrogen (secondary N) is 1. The number of hydrogen-bond donors (Lipinski definition) is 1. The quantitative estimate of drug-likeness (QED) is 0.291. The van der Waals surface area contributed by atoms with Gasteiger partial charge in [0.2, 0.25) is 5.95 Å². The second-order valence-electron chi connectivity index (χ2n) is 8.27. The first-order valence-electron chi connectivity index (χ1n) is 11.6. The SMILES string of the molecule is c1ccc(-c2nc(Nc3ccc(-c4cccc5ccccc45)cc3)nc(-c3ccccc3)n2)cc1. The van der Waals surface area contributed by atoms with Gasteiger partial charge in [0.05, 0.1) is 0 Å². The number of nitrogens with zero attached hydrogens (tertiary/aromatic N) is 3. The Hall–Kier alpha value is -4.83. The van der Waals surface area contributed by atoms with Crippen LogP contribution in [-0.2, 0) is 0 Å². The number of rotatable bonds is 5. The van der Waals surface area contributed by atoms with Crippen LogP contribution in [0, 0.1) is 0 Å². The van der Waals surface area contributed by atoms with Crippen LogP contribution in [0.4, 0.5) is 11.6 Å². The molecule has 6 aromatic rings. The zero-order valence-electron chi connectivity index (χ0n) is 19.0. The van der Waals surface area contributed by atoms with Gasteiger partial charge in [0.15, 0.2) is 11.6 Å². The highest BCUT2D eigenvalue weighted by atomic mass is 15.2. The molecule has 0 aliphatic carbocycles. The van der Waals surface area contributed by atoms with E-state index in [4.69, 9.17) is 15.0 Å². The fourth-order valence-corrected chi connectivity index (χ4v) is 4.20. The maximum Gasteiger partial charge on any atom is 0.231 e. The van der Waals surface area contributed by atoms with E-state index in [-0.39, 0.29) is 0 Å². The number of fused-ring (bicyclic) bond motifs is 1. The normalized spacial score (nSPS) is 10.9. The van der Waals surface area contributed by atoms with Crippen molar-refractivity contribution in [1.29, 1.82) is 0 Å². The van der Waals surface area contributed by atoms with Crippen molar-refractivity contribution in [1.82, 2.24) is 15.0 Å². The maximum atomic E-state index is 4.74. The summed E-state index contributed by atoms with van der Waals surface area (Å²) < 4.78 is 0. The van der Waals surface area contributed by atoms with Crippen molar-refractivity contribution in [2.75, 3.05) is 5.32 Å². The molecule has 5 aromatic carbocycles. The van der Waals surface area contributed by atoms with E-state index in [1.165, 1.54) is 16.3 Å². The van der Waals surface area contributed by atoms with E-state index in [0.29, 0.717) is 17.6 Å². The first-order valence-corrected chi connectivity index (χ1v) is 11.6. The van der Waals surface area contributed by atoms with Gasteiger partial charge in [-0.2, -0.15) is 9.97 Å². The molecule has 1 heterocycles. The van der Waals surface area contributed by atoms with E-state index in [9.17, 15) is 0 Å². The lowest BCUT2D eigenvalue weighted by Crippen LogP contribution is -2.03. The van der Waals surface area contributed by atoms with Crippen LogP contribution in [-0.4, -0.2) is 15.0 Å². The van der Waals surface area contributed by atoms with Gasteiger partial charge in [-0.3, -0.25) is 0 Å². The van der Waals surface area contributed by atoms with Gasteiger partial charge in [-0.25, -0.2) is 4.98 Å². The van der Waals surface area contributed by atoms with Crippen molar-refractivity contribution in [2.45, 2.75) is 0 Å². The van der Waals surface area contributed by atoms with E-state index in [1.807, 2.05) is 60.7 Å². The molecule has 0 fully saturated rings. The van der Waals surface area contributed by atoms with Crippen LogP contribution in [0.15, 0.2) is 127 Å². The highest BCUT2D eigenvalue weighted by Crippen LogP contribution is 2.30. The van der Waals surface area contributed by atoms with Crippen molar-refractivity contribution < 1.29 is 0 Å². The predicted octanol–water partition coefficient (Wildman–Crippen LogP) is 7.77. The zero-order chi connectivity index (χ0) is 23.5. The molecule has 1 N–H and O–H groups in total. The van der Waals surface area contributed by atoms with Crippen LogP contribution in [0.5, 0.6) is 0 Å². The maximum absolute atomic E-state index is 4.74. The van der Waals surface area contributed by atoms with Gasteiger partial charge in [0, 0.05) is 16.8 Å². The van der Waals surface area contributed by atoms with Gasteiger partial charge in [-0.1, -0.05) is 115 Å². The van der Waals surface area contributed by atoms with Crippen molar-refractivity contribution >= 4 is 22.4 Å². The molecule has 166 valence electrons. The monoisotopic (exact) mass is 450 g/mol. The molecule has 0 spiro atoms. The van der Waals surface area contributed by atoms with Crippen molar-refractivity contribution in [3.8, 4) is 33.9 Å². The fraction of sp³-hybridized carbons (Fsp3) is 0. The van der Waals surface area contributed by atoms with E-state index >= 15 is 0 Å². The van der Waals surface area contributed by atoms with Gasteiger partial charge < -0.3 is 5.32 Å². The van der Waals surface area contributed by atoms with Crippen LogP contribution in [0.1, 0.15) is 0 Å². The Bertz CT molecular complexity index is 1530. The van der Waals surface area contributed by atoms with Crippen LogP contribution in [0.25, 0.3) is 44.7 Å². The molecule has 4 heteroatoms. The molecule has 0 saturated heterocycles. The summed E-state index contributed by atoms with van der Waals surface area (Å²) in [5.74, 6) is 1.78. The van der Waals surface area contributed by atoms with Gasteiger partial charge in [0.25, 0.3) is 0 Å². The Kier molecular flexibility index (Phi) is 5.45. The molecule has 0 unspecified atom stereocenters. The Morgan fingerprint density at radius 1 is 0.429 bits per heavy atom. The summed E-state index contributed by atoms with van der Waals surface area (Å²) in [6, 6.07) is 43.2. The zero-order valence-corrected chi connectivity index (χ0v) is 19.0. The van der Waals surface area contributed by atoms with Crippen LogP contribution in [0.3, 0.4) is 0 Å². The molecule has 0 aliphatic heterocycles. The molecule has 35 heavy (non-hydrogen) atoms. The summed E-state index contributed by atoms with van der Waals surface area (Å²) in [6.45, 7) is 0. The molecule has 6 rings (SSSR count). The summed E-state index contributed by atoms with van der Waals surface area (Å²) in [5, 5.41) is 5.86. The molecule has 0 amide bonds. The van der Waals surface area contributed by atoms with E-state index in [2.05, 4.69) is 72.0 Å². The lowest BCUT2D eigenvalue weighted by atomic mass is 9.98. The molecule has 0 atom stereocenters. The van der Waals surface area contributed by atoms with Gasteiger partial charge in [-0.05, 0) is 34.0 Å². The summed E-state index contributed by atoms with van der Waals surface area (Å²) in [4.78, 5) is 14.2. The Labute approximate surface area is 204 Å². The number of aromatic nitrogens is 3. The fourth-order valence-electron chi connectivity index (χ4n) is 4.20. The number of anilines is 2. The third-order valence-corrected chi connectivity index (χ3v) is 5.94. The van der Waals surface area contributed by atoms with Gasteiger partial charge >= 0.3 is 0 Å². The predicted molar refractivity (Wildman–Crippen MR) is 143 cm³/mol. The third kappa shape index (κ3) is 4.37. The topological polar surface area (TPSA) is 50.7 Å². The molecule has 0 saturated carbocycles. The van der Waals surface area contributed by atoms with E-state index in [0.717, 1.165) is 22.4 Å². The lowest BCUT2D eigenvalue weighted by Gasteiger charge is -2.11. The minimum absolute atomic E-state index is 0.510. The summed E-state index contributed by atoms with van der Waals surface area (Å²) in [5.41, 5.74) is 5.19. The Balaban J connectivity index is 1.35. The smallest absolute Gasteiger partial charge is 0.231 e. The first kappa shape index (κ1) is 20.8. The van der Waals surface area contributed by atoms with E-state index < -0.39 is 0 Å². The average molecular weight is 451 g/mol. The van der Waals surface area contributed by atoms with Crippen LogP contribution < -0.4 is 5.32 Å². The highest BCUT2D eigenvalue weighted by molar-refractivity contribution is 5.96. The molecule has 1 aromatic heterocycles. The van der Waals surface area contributed by atoms with Crippen molar-refractivity contribution in [3.05, 3.63) is 127 Å². The summed E-state index contributed by atoms with van der Waals surface area (Å²) in [6.07, 6.45) is 0. The summed E-state index contributed by atoms with van der Waals surface area (Å²) >= 11 is 0. The van der Waals surface area contributed by atoms with Crippen molar-refractivity contribution in [3.63, 3.8) is 0 Å². The number of benzene rings is 5. The molecular formula is C31H22N4. The van der Waals surface area contributed by atoms with Gasteiger partial charge in [0.1, 0.15) is 0 Å². The number of hydrogen-bond acceptors (Lipinski definition) is 4. The van der Waals surface area contributed by atoms with Gasteiger partial charge in [-0.15, -0.1) is 0 Å². The average Bonchev–Trinajstić information content (AvgIpc) is 2.94. The molecular weight excluding hydrogens is 428 g/mol. The van der Waals surface area contributed by atoms with E-state index in [1.54, 1.807) is 0 Å². The minimum Gasteiger partial charge on any atom is -0.324 e. The molecule has 0 radical (unpaired) electrons.